The summed E-state index contributed by atoms with van der Waals surface area (Å²) in [4.78, 5) is 21.1. The zero-order chi connectivity index (χ0) is 10.1. The molecule has 1 aromatic heterocycles. The van der Waals surface area contributed by atoms with E-state index >= 15 is 0 Å². The summed E-state index contributed by atoms with van der Waals surface area (Å²) in [6.45, 7) is 2.99. The summed E-state index contributed by atoms with van der Waals surface area (Å²) >= 11 is 0. The lowest BCUT2D eigenvalue weighted by Crippen LogP contribution is -2.60. The maximum absolute atomic E-state index is 11.2. The standard InChI is InChI=1S/C9H12N4O/c1-6-11-3-2-7(12-6)4-13-5-8(10)9(13)14/h2-3,8H,4-5,10H2,1H3. The summed E-state index contributed by atoms with van der Waals surface area (Å²) in [5.74, 6) is 0.723. The van der Waals surface area contributed by atoms with Gasteiger partial charge in [-0.05, 0) is 13.0 Å². The van der Waals surface area contributed by atoms with E-state index in [0.717, 1.165) is 11.5 Å². The molecule has 0 aromatic carbocycles. The number of amides is 1. The molecule has 14 heavy (non-hydrogen) atoms. The summed E-state index contributed by atoms with van der Waals surface area (Å²) in [6, 6.07) is 1.50. The highest BCUT2D eigenvalue weighted by Gasteiger charge is 2.33. The number of nitrogens with zero attached hydrogens (tertiary/aromatic N) is 3. The molecule has 0 spiro atoms. The molecule has 1 amide bonds. The Morgan fingerprint density at radius 2 is 2.50 bits per heavy atom. The van der Waals surface area contributed by atoms with Crippen LogP contribution in [0.5, 0.6) is 0 Å². The predicted octanol–water partition coefficient (Wildman–Crippen LogP) is -0.545. The van der Waals surface area contributed by atoms with Crippen LogP contribution in [0.4, 0.5) is 0 Å². The SMILES string of the molecule is Cc1nccc(CN2CC(N)C2=O)n1. The third-order valence-electron chi connectivity index (χ3n) is 2.23. The predicted molar refractivity (Wildman–Crippen MR) is 50.2 cm³/mol. The van der Waals surface area contributed by atoms with Crippen molar-refractivity contribution in [2.45, 2.75) is 19.5 Å². The number of carbonyl (C=O) groups is 1. The van der Waals surface area contributed by atoms with Gasteiger partial charge in [0.25, 0.3) is 0 Å². The van der Waals surface area contributed by atoms with Crippen molar-refractivity contribution in [1.82, 2.24) is 14.9 Å². The van der Waals surface area contributed by atoms with E-state index in [1.807, 2.05) is 13.0 Å². The second-order valence-electron chi connectivity index (χ2n) is 3.42. The normalized spacial score (nSPS) is 20.9. The van der Waals surface area contributed by atoms with Gasteiger partial charge in [0, 0.05) is 12.7 Å². The highest BCUT2D eigenvalue weighted by molar-refractivity contribution is 5.87. The minimum absolute atomic E-state index is 0.00117. The fourth-order valence-corrected chi connectivity index (χ4v) is 1.46. The smallest absolute Gasteiger partial charge is 0.241 e. The van der Waals surface area contributed by atoms with Crippen LogP contribution in [0, 0.1) is 6.92 Å². The Morgan fingerprint density at radius 1 is 1.71 bits per heavy atom. The Hall–Kier alpha value is -1.49. The second-order valence-corrected chi connectivity index (χ2v) is 3.42. The lowest BCUT2D eigenvalue weighted by molar-refractivity contribution is -0.143. The summed E-state index contributed by atoms with van der Waals surface area (Å²) in [6.07, 6.45) is 1.70. The van der Waals surface area contributed by atoms with Crippen LogP contribution < -0.4 is 5.73 Å². The highest BCUT2D eigenvalue weighted by Crippen LogP contribution is 2.11. The molecule has 0 saturated carbocycles. The number of nitrogens with two attached hydrogens (primary N) is 1. The zero-order valence-corrected chi connectivity index (χ0v) is 7.97. The van der Waals surface area contributed by atoms with Gasteiger partial charge in [-0.15, -0.1) is 0 Å². The molecule has 5 nitrogen and oxygen atoms in total. The number of hydrogen-bond acceptors (Lipinski definition) is 4. The van der Waals surface area contributed by atoms with E-state index in [0.29, 0.717) is 13.1 Å². The maximum atomic E-state index is 11.2. The van der Waals surface area contributed by atoms with Gasteiger partial charge in [0.1, 0.15) is 11.9 Å². The quantitative estimate of drug-likeness (QED) is 0.638. The van der Waals surface area contributed by atoms with E-state index < -0.39 is 0 Å². The van der Waals surface area contributed by atoms with E-state index in [2.05, 4.69) is 9.97 Å². The highest BCUT2D eigenvalue weighted by atomic mass is 16.2. The summed E-state index contributed by atoms with van der Waals surface area (Å²) in [5, 5.41) is 0. The van der Waals surface area contributed by atoms with Gasteiger partial charge >= 0.3 is 0 Å². The molecule has 1 unspecified atom stereocenters. The van der Waals surface area contributed by atoms with Crippen molar-refractivity contribution in [2.24, 2.45) is 5.73 Å². The van der Waals surface area contributed by atoms with Crippen LogP contribution in [-0.2, 0) is 11.3 Å². The van der Waals surface area contributed by atoms with Crippen LogP contribution in [0.2, 0.25) is 0 Å². The van der Waals surface area contributed by atoms with Gasteiger partial charge in [-0.3, -0.25) is 4.79 Å². The fourth-order valence-electron chi connectivity index (χ4n) is 1.46. The zero-order valence-electron chi connectivity index (χ0n) is 7.97. The van der Waals surface area contributed by atoms with Gasteiger partial charge in [-0.1, -0.05) is 0 Å². The first-order valence-corrected chi connectivity index (χ1v) is 4.50. The van der Waals surface area contributed by atoms with Gasteiger partial charge in [-0.2, -0.15) is 0 Å². The van der Waals surface area contributed by atoms with Crippen molar-refractivity contribution in [3.05, 3.63) is 23.8 Å². The van der Waals surface area contributed by atoms with Gasteiger partial charge in [0.05, 0.1) is 12.2 Å². The van der Waals surface area contributed by atoms with Crippen LogP contribution in [0.3, 0.4) is 0 Å². The molecule has 2 rings (SSSR count). The van der Waals surface area contributed by atoms with Crippen molar-refractivity contribution in [2.75, 3.05) is 6.54 Å². The molecule has 2 N–H and O–H groups in total. The topological polar surface area (TPSA) is 72.1 Å². The molecule has 2 heterocycles. The largest absolute Gasteiger partial charge is 0.333 e. The Kier molecular flexibility index (Phi) is 2.17. The molecule has 1 fully saturated rings. The van der Waals surface area contributed by atoms with E-state index in [-0.39, 0.29) is 11.9 Å². The van der Waals surface area contributed by atoms with E-state index in [4.69, 9.17) is 5.73 Å². The lowest BCUT2D eigenvalue weighted by atomic mass is 10.1. The summed E-state index contributed by atoms with van der Waals surface area (Å²) in [7, 11) is 0. The lowest BCUT2D eigenvalue weighted by Gasteiger charge is -2.35. The molecule has 1 aliphatic heterocycles. The molecule has 5 heteroatoms. The molecular formula is C9H12N4O. The number of aryl methyl sites for hydroxylation is 1. The van der Waals surface area contributed by atoms with Crippen molar-refractivity contribution in [3.8, 4) is 0 Å². The Bertz CT molecular complexity index is 366. The monoisotopic (exact) mass is 192 g/mol. The van der Waals surface area contributed by atoms with Crippen molar-refractivity contribution in [1.29, 1.82) is 0 Å². The third kappa shape index (κ3) is 1.58. The first kappa shape index (κ1) is 9.08. The molecule has 1 aromatic rings. The number of hydrogen-bond donors (Lipinski definition) is 1. The molecule has 0 radical (unpaired) electrons. The minimum Gasteiger partial charge on any atom is -0.333 e. The third-order valence-corrected chi connectivity index (χ3v) is 2.23. The number of β-lactam (4-membered cyclic amide) rings is 1. The van der Waals surface area contributed by atoms with Gasteiger partial charge in [0.15, 0.2) is 0 Å². The van der Waals surface area contributed by atoms with Crippen molar-refractivity contribution in [3.63, 3.8) is 0 Å². The Labute approximate surface area is 82.0 Å². The van der Waals surface area contributed by atoms with Gasteiger partial charge < -0.3 is 10.6 Å². The van der Waals surface area contributed by atoms with Crippen molar-refractivity contribution < 1.29 is 4.79 Å². The van der Waals surface area contributed by atoms with Crippen LogP contribution in [0.25, 0.3) is 0 Å². The van der Waals surface area contributed by atoms with Crippen molar-refractivity contribution >= 4 is 5.91 Å². The number of carbonyl (C=O) groups excluding carboxylic acids is 1. The van der Waals surface area contributed by atoms with Crippen LogP contribution in [0.1, 0.15) is 11.5 Å². The van der Waals surface area contributed by atoms with E-state index in [9.17, 15) is 4.79 Å². The van der Waals surface area contributed by atoms with Gasteiger partial charge in [-0.25, -0.2) is 9.97 Å². The summed E-state index contributed by atoms with van der Waals surface area (Å²) < 4.78 is 0. The van der Waals surface area contributed by atoms with Gasteiger partial charge in [0.2, 0.25) is 5.91 Å². The molecule has 74 valence electrons. The Balaban J connectivity index is 2.02. The molecular weight excluding hydrogens is 180 g/mol. The fraction of sp³-hybridized carbons (Fsp3) is 0.444. The minimum atomic E-state index is -0.307. The van der Waals surface area contributed by atoms with Crippen LogP contribution in [0.15, 0.2) is 12.3 Å². The number of rotatable bonds is 2. The summed E-state index contributed by atoms with van der Waals surface area (Å²) in [5.41, 5.74) is 6.33. The first-order valence-electron chi connectivity index (χ1n) is 4.50. The van der Waals surface area contributed by atoms with Crippen LogP contribution in [-0.4, -0.2) is 33.4 Å². The van der Waals surface area contributed by atoms with E-state index in [1.165, 1.54) is 0 Å². The number of aromatic nitrogens is 2. The molecule has 0 bridgehead atoms. The molecule has 0 aliphatic carbocycles. The molecule has 1 aliphatic rings. The number of likely N-dealkylation sites (tertiary alicyclic amines) is 1. The Morgan fingerprint density at radius 3 is 3.07 bits per heavy atom. The van der Waals surface area contributed by atoms with Crippen LogP contribution >= 0.6 is 0 Å². The first-order chi connectivity index (χ1) is 6.66. The molecule has 1 atom stereocenters. The second kappa shape index (κ2) is 3.34. The average molecular weight is 192 g/mol. The average Bonchev–Trinajstić information content (AvgIpc) is 2.17. The maximum Gasteiger partial charge on any atom is 0.241 e. The van der Waals surface area contributed by atoms with E-state index in [1.54, 1.807) is 11.1 Å². The molecule has 1 saturated heterocycles.